The van der Waals surface area contributed by atoms with Crippen molar-refractivity contribution in [2.45, 2.75) is 24.5 Å². The van der Waals surface area contributed by atoms with E-state index in [1.165, 1.54) is 19.5 Å². The van der Waals surface area contributed by atoms with Crippen molar-refractivity contribution < 1.29 is 17.9 Å². The molecule has 1 aromatic heterocycles. The van der Waals surface area contributed by atoms with Crippen LogP contribution in [0.3, 0.4) is 0 Å². The highest BCUT2D eigenvalue weighted by molar-refractivity contribution is 7.93. The Labute approximate surface area is 112 Å². The van der Waals surface area contributed by atoms with Gasteiger partial charge in [-0.3, -0.25) is 14.5 Å². The summed E-state index contributed by atoms with van der Waals surface area (Å²) < 4.78 is 31.7. The van der Waals surface area contributed by atoms with Gasteiger partial charge in [-0.1, -0.05) is 6.42 Å². The maximum atomic E-state index is 12.3. The second-order valence-corrected chi connectivity index (χ2v) is 6.38. The zero-order valence-electron chi connectivity index (χ0n) is 10.6. The van der Waals surface area contributed by atoms with Crippen molar-refractivity contribution in [2.75, 3.05) is 11.8 Å². The van der Waals surface area contributed by atoms with Crippen LogP contribution in [-0.2, 0) is 19.6 Å². The number of methoxy groups -OCH3 is 1. The van der Waals surface area contributed by atoms with Crippen LogP contribution in [-0.4, -0.2) is 31.7 Å². The number of anilines is 1. The normalized spacial score (nSPS) is 23.0. The fourth-order valence-corrected chi connectivity index (χ4v) is 4.15. The summed E-state index contributed by atoms with van der Waals surface area (Å²) in [7, 11) is -2.32. The molecule has 0 saturated heterocycles. The van der Waals surface area contributed by atoms with E-state index in [1.54, 1.807) is 12.1 Å². The molecule has 6 nitrogen and oxygen atoms in total. The summed E-state index contributed by atoms with van der Waals surface area (Å²) in [5.41, 5.74) is 0.450. The molecule has 2 unspecified atom stereocenters. The predicted octanol–water partition coefficient (Wildman–Crippen LogP) is 1.16. The van der Waals surface area contributed by atoms with Crippen molar-refractivity contribution in [3.8, 4) is 0 Å². The predicted molar refractivity (Wildman–Crippen MR) is 69.9 cm³/mol. The summed E-state index contributed by atoms with van der Waals surface area (Å²) >= 11 is 0. The van der Waals surface area contributed by atoms with Gasteiger partial charge < -0.3 is 4.74 Å². The first-order valence-corrected chi connectivity index (χ1v) is 7.58. The minimum absolute atomic E-state index is 0.450. The van der Waals surface area contributed by atoms with Gasteiger partial charge in [-0.05, 0) is 25.0 Å². The zero-order valence-corrected chi connectivity index (χ0v) is 11.4. The van der Waals surface area contributed by atoms with Gasteiger partial charge in [0.15, 0.2) is 0 Å². The first-order valence-electron chi connectivity index (χ1n) is 6.04. The summed E-state index contributed by atoms with van der Waals surface area (Å²) in [5, 5.41) is -0.729. The molecule has 1 aliphatic rings. The topological polar surface area (TPSA) is 85.4 Å². The van der Waals surface area contributed by atoms with Gasteiger partial charge in [-0.25, -0.2) is 8.42 Å². The lowest BCUT2D eigenvalue weighted by atomic mass is 10.1. The number of aromatic nitrogens is 1. The van der Waals surface area contributed by atoms with Crippen LogP contribution in [0.2, 0.25) is 0 Å². The minimum Gasteiger partial charge on any atom is -0.469 e. The highest BCUT2D eigenvalue weighted by Gasteiger charge is 2.42. The molecule has 2 atom stereocenters. The van der Waals surface area contributed by atoms with Gasteiger partial charge in [0.1, 0.15) is 0 Å². The van der Waals surface area contributed by atoms with Gasteiger partial charge >= 0.3 is 5.97 Å². The fraction of sp³-hybridized carbons (Fsp3) is 0.500. The molecule has 0 aliphatic heterocycles. The number of pyridine rings is 1. The Kier molecular flexibility index (Phi) is 4.04. The summed E-state index contributed by atoms with van der Waals surface area (Å²) in [5.74, 6) is -1.04. The molecule has 19 heavy (non-hydrogen) atoms. The molecular weight excluding hydrogens is 268 g/mol. The Morgan fingerprint density at radius 2 is 2.05 bits per heavy atom. The third-order valence-corrected chi connectivity index (χ3v) is 5.18. The first-order chi connectivity index (χ1) is 9.04. The molecule has 1 N–H and O–H groups in total. The second kappa shape index (κ2) is 5.56. The number of hydrogen-bond donors (Lipinski definition) is 1. The van der Waals surface area contributed by atoms with Crippen molar-refractivity contribution in [1.82, 2.24) is 4.98 Å². The lowest BCUT2D eigenvalue weighted by Gasteiger charge is -2.18. The third-order valence-electron chi connectivity index (χ3n) is 3.30. The van der Waals surface area contributed by atoms with E-state index in [4.69, 9.17) is 0 Å². The fourth-order valence-electron chi connectivity index (χ4n) is 2.38. The van der Waals surface area contributed by atoms with Crippen LogP contribution in [0, 0.1) is 5.92 Å². The van der Waals surface area contributed by atoms with E-state index in [9.17, 15) is 13.2 Å². The molecule has 1 fully saturated rings. The Morgan fingerprint density at radius 1 is 1.37 bits per heavy atom. The van der Waals surface area contributed by atoms with Crippen LogP contribution in [0.1, 0.15) is 19.3 Å². The Hall–Kier alpha value is -1.63. The molecule has 1 aliphatic carbocycles. The van der Waals surface area contributed by atoms with Gasteiger partial charge in [0.25, 0.3) is 0 Å². The highest BCUT2D eigenvalue weighted by Crippen LogP contribution is 2.32. The van der Waals surface area contributed by atoms with Gasteiger partial charge in [-0.15, -0.1) is 0 Å². The molecule has 1 heterocycles. The summed E-state index contributed by atoms with van der Waals surface area (Å²) in [6, 6.07) is 3.14. The molecule has 0 spiro atoms. The van der Waals surface area contributed by atoms with Crippen molar-refractivity contribution >= 4 is 21.7 Å². The average molecular weight is 284 g/mol. The van der Waals surface area contributed by atoms with Crippen molar-refractivity contribution in [3.05, 3.63) is 24.5 Å². The lowest BCUT2D eigenvalue weighted by molar-refractivity contribution is -0.145. The standard InChI is InChI=1S/C12H16N2O4S/c1-18-12(15)10-3-2-4-11(10)19(16,17)14-9-5-7-13-8-6-9/h5-8,10-11H,2-4H2,1H3,(H,13,14). The van der Waals surface area contributed by atoms with Gasteiger partial charge in [-0.2, -0.15) is 0 Å². The number of hydrogen-bond acceptors (Lipinski definition) is 5. The highest BCUT2D eigenvalue weighted by atomic mass is 32.2. The molecule has 0 bridgehead atoms. The van der Waals surface area contributed by atoms with Crippen molar-refractivity contribution in [2.24, 2.45) is 5.92 Å². The quantitative estimate of drug-likeness (QED) is 0.839. The molecule has 1 aromatic rings. The van der Waals surface area contributed by atoms with Crippen LogP contribution >= 0.6 is 0 Å². The number of ether oxygens (including phenoxy) is 1. The first kappa shape index (κ1) is 13.8. The second-order valence-electron chi connectivity index (χ2n) is 4.48. The third kappa shape index (κ3) is 3.04. The summed E-state index contributed by atoms with van der Waals surface area (Å²) in [6.45, 7) is 0. The number of nitrogens with one attached hydrogen (secondary N) is 1. The van der Waals surface area contributed by atoms with Gasteiger partial charge in [0.2, 0.25) is 10.0 Å². The van der Waals surface area contributed by atoms with Crippen LogP contribution in [0.5, 0.6) is 0 Å². The minimum atomic E-state index is -3.60. The monoisotopic (exact) mass is 284 g/mol. The number of carbonyl (C=O) groups excluding carboxylic acids is 1. The number of sulfonamides is 1. The summed E-state index contributed by atoms with van der Waals surface area (Å²) in [6.07, 6.45) is 4.74. The molecule has 0 aromatic carbocycles. The maximum absolute atomic E-state index is 12.3. The van der Waals surface area contributed by atoms with E-state index in [0.29, 0.717) is 24.9 Å². The van der Waals surface area contributed by atoms with Gasteiger partial charge in [0, 0.05) is 12.4 Å². The van der Waals surface area contributed by atoms with Crippen molar-refractivity contribution in [3.63, 3.8) is 0 Å². The largest absolute Gasteiger partial charge is 0.469 e. The van der Waals surface area contributed by atoms with Crippen LogP contribution < -0.4 is 4.72 Å². The molecule has 0 radical (unpaired) electrons. The maximum Gasteiger partial charge on any atom is 0.310 e. The van der Waals surface area contributed by atoms with Crippen LogP contribution in [0.4, 0.5) is 5.69 Å². The number of nitrogens with zero attached hydrogens (tertiary/aromatic N) is 1. The number of rotatable bonds is 4. The number of carbonyl (C=O) groups is 1. The van der Waals surface area contributed by atoms with E-state index in [0.717, 1.165) is 0 Å². The molecular formula is C12H16N2O4S. The summed E-state index contributed by atoms with van der Waals surface area (Å²) in [4.78, 5) is 15.4. The Bertz CT molecular complexity index is 544. The van der Waals surface area contributed by atoms with E-state index in [-0.39, 0.29) is 0 Å². The smallest absolute Gasteiger partial charge is 0.310 e. The molecule has 2 rings (SSSR count). The SMILES string of the molecule is COC(=O)C1CCCC1S(=O)(=O)Nc1ccncc1. The molecule has 1 saturated carbocycles. The van der Waals surface area contributed by atoms with Crippen LogP contribution in [0.15, 0.2) is 24.5 Å². The van der Waals surface area contributed by atoms with E-state index in [1.807, 2.05) is 0 Å². The number of esters is 1. The van der Waals surface area contributed by atoms with E-state index >= 15 is 0 Å². The van der Waals surface area contributed by atoms with E-state index in [2.05, 4.69) is 14.4 Å². The van der Waals surface area contributed by atoms with Crippen molar-refractivity contribution in [1.29, 1.82) is 0 Å². The Morgan fingerprint density at radius 3 is 2.68 bits per heavy atom. The van der Waals surface area contributed by atoms with Gasteiger partial charge in [0.05, 0.1) is 24.0 Å². The molecule has 104 valence electrons. The van der Waals surface area contributed by atoms with Crippen LogP contribution in [0.25, 0.3) is 0 Å². The average Bonchev–Trinajstić information content (AvgIpc) is 2.88. The van der Waals surface area contributed by atoms with E-state index < -0.39 is 27.2 Å². The zero-order chi connectivity index (χ0) is 13.9. The Balaban J connectivity index is 2.17. The molecule has 0 amide bonds. The molecule has 7 heteroatoms. The lowest BCUT2D eigenvalue weighted by Crippen LogP contribution is -2.35.